The fraction of sp³-hybridized carbons (Fsp3) is 0.235. The zero-order valence-electron chi connectivity index (χ0n) is 12.3. The molecule has 1 fully saturated rings. The van der Waals surface area contributed by atoms with E-state index in [9.17, 15) is 13.6 Å². The Labute approximate surface area is 138 Å². The second-order valence-corrected chi connectivity index (χ2v) is 5.82. The van der Waals surface area contributed by atoms with Gasteiger partial charge in [0.25, 0.3) is 5.91 Å². The number of halogens is 3. The summed E-state index contributed by atoms with van der Waals surface area (Å²) in [7, 11) is 0. The van der Waals surface area contributed by atoms with E-state index in [1.54, 1.807) is 4.90 Å². The van der Waals surface area contributed by atoms with Gasteiger partial charge in [0.05, 0.1) is 5.56 Å². The van der Waals surface area contributed by atoms with Gasteiger partial charge >= 0.3 is 0 Å². The molecule has 1 aliphatic rings. The molecule has 0 unspecified atom stereocenters. The number of carbonyl (C=O) groups is 1. The highest BCUT2D eigenvalue weighted by atomic mass is 35.5. The van der Waals surface area contributed by atoms with Crippen molar-refractivity contribution < 1.29 is 13.6 Å². The molecule has 0 atom stereocenters. The van der Waals surface area contributed by atoms with Crippen molar-refractivity contribution in [2.24, 2.45) is 0 Å². The molecule has 0 radical (unpaired) electrons. The van der Waals surface area contributed by atoms with Gasteiger partial charge in [0.1, 0.15) is 11.6 Å². The quantitative estimate of drug-likeness (QED) is 0.837. The number of nitrogens with zero attached hydrogens (tertiary/aromatic N) is 2. The van der Waals surface area contributed by atoms with E-state index in [1.807, 2.05) is 24.3 Å². The number of benzene rings is 2. The highest BCUT2D eigenvalue weighted by molar-refractivity contribution is 6.30. The van der Waals surface area contributed by atoms with Gasteiger partial charge in [0, 0.05) is 36.9 Å². The minimum atomic E-state index is -0.698. The third-order valence-electron chi connectivity index (χ3n) is 3.92. The number of hydrogen-bond acceptors (Lipinski definition) is 2. The maximum Gasteiger partial charge on any atom is 0.257 e. The molecule has 1 aliphatic heterocycles. The minimum Gasteiger partial charge on any atom is -0.368 e. The third-order valence-corrected chi connectivity index (χ3v) is 4.17. The lowest BCUT2D eigenvalue weighted by Gasteiger charge is -2.36. The third kappa shape index (κ3) is 3.45. The first-order chi connectivity index (χ1) is 11.0. The van der Waals surface area contributed by atoms with Crippen molar-refractivity contribution in [3.63, 3.8) is 0 Å². The van der Waals surface area contributed by atoms with E-state index >= 15 is 0 Å². The molecule has 2 aromatic carbocycles. The van der Waals surface area contributed by atoms with E-state index in [0.29, 0.717) is 31.2 Å². The zero-order valence-corrected chi connectivity index (χ0v) is 13.1. The van der Waals surface area contributed by atoms with Crippen molar-refractivity contribution in [3.05, 3.63) is 64.7 Å². The molecule has 3 nitrogen and oxygen atoms in total. The van der Waals surface area contributed by atoms with Crippen molar-refractivity contribution in [1.29, 1.82) is 0 Å². The second-order valence-electron chi connectivity index (χ2n) is 5.38. The topological polar surface area (TPSA) is 23.6 Å². The van der Waals surface area contributed by atoms with Gasteiger partial charge in [0.2, 0.25) is 0 Å². The fourth-order valence-corrected chi connectivity index (χ4v) is 2.78. The van der Waals surface area contributed by atoms with Gasteiger partial charge < -0.3 is 9.80 Å². The molecular weight excluding hydrogens is 322 g/mol. The lowest BCUT2D eigenvalue weighted by Crippen LogP contribution is -2.49. The molecule has 1 amide bonds. The number of hydrogen-bond donors (Lipinski definition) is 0. The Morgan fingerprint density at radius 1 is 0.957 bits per heavy atom. The van der Waals surface area contributed by atoms with Crippen molar-refractivity contribution in [1.82, 2.24) is 4.90 Å². The standard InChI is InChI=1S/C17H15ClF2N2O/c18-12-1-4-14(5-2-12)21-7-9-22(10-8-21)17(23)15-11-13(19)3-6-16(15)20/h1-6,11H,7-10H2. The van der Waals surface area contributed by atoms with Crippen LogP contribution < -0.4 is 4.90 Å². The van der Waals surface area contributed by atoms with Crippen LogP contribution in [-0.4, -0.2) is 37.0 Å². The maximum absolute atomic E-state index is 13.7. The monoisotopic (exact) mass is 336 g/mol. The molecule has 3 rings (SSSR count). The largest absolute Gasteiger partial charge is 0.368 e. The number of rotatable bonds is 2. The summed E-state index contributed by atoms with van der Waals surface area (Å²) in [6.07, 6.45) is 0. The van der Waals surface area contributed by atoms with Gasteiger partial charge in [0.15, 0.2) is 0 Å². The van der Waals surface area contributed by atoms with E-state index in [4.69, 9.17) is 11.6 Å². The van der Waals surface area contributed by atoms with Crippen LogP contribution in [0.5, 0.6) is 0 Å². The first-order valence-electron chi connectivity index (χ1n) is 7.29. The van der Waals surface area contributed by atoms with Crippen LogP contribution in [0, 0.1) is 11.6 Å². The molecular formula is C17H15ClF2N2O. The molecule has 0 saturated carbocycles. The number of anilines is 1. The van der Waals surface area contributed by atoms with Crippen LogP contribution in [0.15, 0.2) is 42.5 Å². The first-order valence-corrected chi connectivity index (χ1v) is 7.67. The fourth-order valence-electron chi connectivity index (χ4n) is 2.65. The van der Waals surface area contributed by atoms with Crippen LogP contribution in [-0.2, 0) is 0 Å². The van der Waals surface area contributed by atoms with Crippen LogP contribution in [0.1, 0.15) is 10.4 Å². The van der Waals surface area contributed by atoms with E-state index < -0.39 is 17.5 Å². The summed E-state index contributed by atoms with van der Waals surface area (Å²) in [6.45, 7) is 2.17. The summed E-state index contributed by atoms with van der Waals surface area (Å²) in [5.41, 5.74) is 0.809. The summed E-state index contributed by atoms with van der Waals surface area (Å²) >= 11 is 5.87. The SMILES string of the molecule is O=C(c1cc(F)ccc1F)N1CCN(c2ccc(Cl)cc2)CC1. The molecule has 120 valence electrons. The molecule has 0 spiro atoms. The average molecular weight is 337 g/mol. The maximum atomic E-state index is 13.7. The summed E-state index contributed by atoms with van der Waals surface area (Å²) in [5, 5.41) is 0.671. The van der Waals surface area contributed by atoms with Gasteiger partial charge in [-0.2, -0.15) is 0 Å². The van der Waals surface area contributed by atoms with Gasteiger partial charge in [-0.3, -0.25) is 4.79 Å². The molecule has 6 heteroatoms. The number of carbonyl (C=O) groups excluding carboxylic acids is 1. The Bertz CT molecular complexity index is 713. The highest BCUT2D eigenvalue weighted by Crippen LogP contribution is 2.20. The van der Waals surface area contributed by atoms with Crippen molar-refractivity contribution in [3.8, 4) is 0 Å². The lowest BCUT2D eigenvalue weighted by molar-refractivity contribution is 0.0741. The Morgan fingerprint density at radius 3 is 2.26 bits per heavy atom. The molecule has 0 aliphatic carbocycles. The smallest absolute Gasteiger partial charge is 0.257 e. The Balaban J connectivity index is 1.67. The summed E-state index contributed by atoms with van der Waals surface area (Å²) in [4.78, 5) is 16.0. The molecule has 1 saturated heterocycles. The van der Waals surface area contributed by atoms with E-state index in [2.05, 4.69) is 4.90 Å². The van der Waals surface area contributed by atoms with Crippen LogP contribution in [0.25, 0.3) is 0 Å². The second kappa shape index (κ2) is 6.54. The number of piperazine rings is 1. The van der Waals surface area contributed by atoms with Crippen molar-refractivity contribution in [2.45, 2.75) is 0 Å². The van der Waals surface area contributed by atoms with Crippen molar-refractivity contribution in [2.75, 3.05) is 31.1 Å². The first kappa shape index (κ1) is 15.7. The molecule has 0 aromatic heterocycles. The van der Waals surface area contributed by atoms with E-state index in [1.165, 1.54) is 0 Å². The molecule has 1 heterocycles. The van der Waals surface area contributed by atoms with Crippen molar-refractivity contribution >= 4 is 23.2 Å². The Hall–Kier alpha value is -2.14. The average Bonchev–Trinajstić information content (AvgIpc) is 2.57. The minimum absolute atomic E-state index is 0.218. The van der Waals surface area contributed by atoms with Gasteiger partial charge in [-0.25, -0.2) is 8.78 Å². The van der Waals surface area contributed by atoms with Crippen LogP contribution in [0.2, 0.25) is 5.02 Å². The van der Waals surface area contributed by atoms with Gasteiger partial charge in [-0.1, -0.05) is 11.6 Å². The highest BCUT2D eigenvalue weighted by Gasteiger charge is 2.24. The predicted octanol–water partition coefficient (Wildman–Crippen LogP) is 3.58. The summed E-state index contributed by atoms with van der Waals surface area (Å²) < 4.78 is 27.0. The van der Waals surface area contributed by atoms with Crippen LogP contribution >= 0.6 is 11.6 Å². The van der Waals surface area contributed by atoms with E-state index in [0.717, 1.165) is 23.9 Å². The lowest BCUT2D eigenvalue weighted by atomic mass is 10.1. The number of amides is 1. The van der Waals surface area contributed by atoms with Gasteiger partial charge in [-0.05, 0) is 42.5 Å². The predicted molar refractivity (Wildman–Crippen MR) is 85.9 cm³/mol. The van der Waals surface area contributed by atoms with Crippen LogP contribution in [0.4, 0.5) is 14.5 Å². The Kier molecular flexibility index (Phi) is 4.48. The molecule has 23 heavy (non-hydrogen) atoms. The normalized spacial score (nSPS) is 14.9. The molecule has 2 aromatic rings. The van der Waals surface area contributed by atoms with Crippen LogP contribution in [0.3, 0.4) is 0 Å². The molecule has 0 bridgehead atoms. The summed E-state index contributed by atoms with van der Waals surface area (Å²) in [5.74, 6) is -1.79. The zero-order chi connectivity index (χ0) is 16.4. The Morgan fingerprint density at radius 2 is 1.61 bits per heavy atom. The van der Waals surface area contributed by atoms with E-state index in [-0.39, 0.29) is 5.56 Å². The summed E-state index contributed by atoms with van der Waals surface area (Å²) in [6, 6.07) is 10.4. The van der Waals surface area contributed by atoms with Gasteiger partial charge in [-0.15, -0.1) is 0 Å². The molecule has 0 N–H and O–H groups in total.